The normalized spacial score (nSPS) is 12.8. The van der Waals surface area contributed by atoms with Crippen LogP contribution in [0.15, 0.2) is 36.7 Å². The van der Waals surface area contributed by atoms with Crippen LogP contribution in [0.2, 0.25) is 0 Å². The summed E-state index contributed by atoms with van der Waals surface area (Å²) in [5, 5.41) is 0. The van der Waals surface area contributed by atoms with Gasteiger partial charge in [0.25, 0.3) is 0 Å². The number of ether oxygens (including phenoxy) is 1. The first-order chi connectivity index (χ1) is 9.22. The first-order valence-corrected chi connectivity index (χ1v) is 6.51. The Morgan fingerprint density at radius 3 is 2.95 bits per heavy atom. The largest absolute Gasteiger partial charge is 0.474 e. The van der Waals surface area contributed by atoms with E-state index < -0.39 is 0 Å². The van der Waals surface area contributed by atoms with Crippen molar-refractivity contribution < 1.29 is 4.74 Å². The number of nitrogens with zero attached hydrogens (tertiary/aromatic N) is 2. The Balaban J connectivity index is 1.95. The van der Waals surface area contributed by atoms with Crippen molar-refractivity contribution in [3.05, 3.63) is 47.8 Å². The summed E-state index contributed by atoms with van der Waals surface area (Å²) >= 11 is 0. The number of benzene rings is 1. The molecule has 1 heterocycles. The molecule has 1 aromatic carbocycles. The summed E-state index contributed by atoms with van der Waals surface area (Å²) in [6, 6.07) is 6.40. The Morgan fingerprint density at radius 2 is 2.11 bits per heavy atom. The minimum Gasteiger partial charge on any atom is -0.474 e. The molecule has 0 spiro atoms. The third-order valence-corrected chi connectivity index (χ3v) is 3.05. The van der Waals surface area contributed by atoms with Crippen LogP contribution in [0.25, 0.3) is 17.3 Å². The number of hydrogen-bond donors (Lipinski definition) is 0. The van der Waals surface area contributed by atoms with E-state index in [1.807, 2.05) is 13.8 Å². The molecule has 0 unspecified atom stereocenters. The average molecular weight is 252 g/mol. The molecule has 1 aliphatic rings. The predicted molar refractivity (Wildman–Crippen MR) is 76.0 cm³/mol. The quantitative estimate of drug-likeness (QED) is 0.838. The van der Waals surface area contributed by atoms with Gasteiger partial charge in [-0.3, -0.25) is 4.98 Å². The summed E-state index contributed by atoms with van der Waals surface area (Å²) in [5.74, 6) is 0.573. The van der Waals surface area contributed by atoms with E-state index in [-0.39, 0.29) is 6.10 Å². The summed E-state index contributed by atoms with van der Waals surface area (Å²) < 4.78 is 5.58. The van der Waals surface area contributed by atoms with Gasteiger partial charge in [-0.25, -0.2) is 4.98 Å². The molecule has 0 fully saturated rings. The van der Waals surface area contributed by atoms with E-state index in [1.165, 1.54) is 11.1 Å². The van der Waals surface area contributed by atoms with Crippen LogP contribution in [0.1, 0.15) is 25.0 Å². The van der Waals surface area contributed by atoms with Crippen LogP contribution in [0.4, 0.5) is 0 Å². The van der Waals surface area contributed by atoms with Gasteiger partial charge in [0.2, 0.25) is 5.88 Å². The molecule has 0 saturated heterocycles. The molecule has 3 heteroatoms. The molecular formula is C16H16N2O. The van der Waals surface area contributed by atoms with Crippen LogP contribution in [0, 0.1) is 0 Å². The number of aromatic nitrogens is 2. The lowest BCUT2D eigenvalue weighted by atomic mass is 10.0. The van der Waals surface area contributed by atoms with Gasteiger partial charge in [0.1, 0.15) is 0 Å². The number of rotatable bonds is 3. The SMILES string of the molecule is CC(C)Oc1cncc(-c2ccc3c(c2)C=CC3)n1. The van der Waals surface area contributed by atoms with Crippen molar-refractivity contribution >= 4 is 6.08 Å². The highest BCUT2D eigenvalue weighted by Gasteiger charge is 2.09. The molecule has 0 amide bonds. The highest BCUT2D eigenvalue weighted by molar-refractivity contribution is 5.69. The van der Waals surface area contributed by atoms with E-state index in [0.29, 0.717) is 5.88 Å². The maximum Gasteiger partial charge on any atom is 0.233 e. The highest BCUT2D eigenvalue weighted by Crippen LogP contribution is 2.26. The van der Waals surface area contributed by atoms with Gasteiger partial charge in [0.15, 0.2) is 0 Å². The van der Waals surface area contributed by atoms with Gasteiger partial charge in [-0.15, -0.1) is 0 Å². The fourth-order valence-corrected chi connectivity index (χ4v) is 2.19. The Kier molecular flexibility index (Phi) is 3.03. The Morgan fingerprint density at radius 1 is 1.21 bits per heavy atom. The molecule has 2 aromatic rings. The van der Waals surface area contributed by atoms with Crippen molar-refractivity contribution in [3.8, 4) is 17.1 Å². The molecule has 3 nitrogen and oxygen atoms in total. The minimum atomic E-state index is 0.104. The molecule has 0 atom stereocenters. The second-order valence-electron chi connectivity index (χ2n) is 4.93. The fraction of sp³-hybridized carbons (Fsp3) is 0.250. The third kappa shape index (κ3) is 2.50. The number of fused-ring (bicyclic) bond motifs is 1. The zero-order valence-corrected chi connectivity index (χ0v) is 11.1. The van der Waals surface area contributed by atoms with Gasteiger partial charge < -0.3 is 4.74 Å². The van der Waals surface area contributed by atoms with Crippen LogP contribution in [-0.2, 0) is 6.42 Å². The average Bonchev–Trinajstić information content (AvgIpc) is 2.85. The highest BCUT2D eigenvalue weighted by atomic mass is 16.5. The zero-order valence-electron chi connectivity index (χ0n) is 11.1. The van der Waals surface area contributed by atoms with Crippen LogP contribution >= 0.6 is 0 Å². The first kappa shape index (κ1) is 11.9. The van der Waals surface area contributed by atoms with E-state index in [0.717, 1.165) is 17.7 Å². The molecular weight excluding hydrogens is 236 g/mol. The van der Waals surface area contributed by atoms with Crippen LogP contribution in [0.3, 0.4) is 0 Å². The van der Waals surface area contributed by atoms with Crippen molar-refractivity contribution in [1.82, 2.24) is 9.97 Å². The summed E-state index contributed by atoms with van der Waals surface area (Å²) in [4.78, 5) is 8.70. The summed E-state index contributed by atoms with van der Waals surface area (Å²) in [6.45, 7) is 3.96. The maximum atomic E-state index is 5.58. The van der Waals surface area contributed by atoms with Gasteiger partial charge in [0, 0.05) is 5.56 Å². The Labute approximate surface area is 113 Å². The van der Waals surface area contributed by atoms with Gasteiger partial charge in [-0.2, -0.15) is 0 Å². The van der Waals surface area contributed by atoms with E-state index in [2.05, 4.69) is 40.3 Å². The molecule has 0 N–H and O–H groups in total. The molecule has 0 radical (unpaired) electrons. The van der Waals surface area contributed by atoms with E-state index in [4.69, 9.17) is 4.74 Å². The minimum absolute atomic E-state index is 0.104. The predicted octanol–water partition coefficient (Wildman–Crippen LogP) is 3.50. The monoisotopic (exact) mass is 252 g/mol. The first-order valence-electron chi connectivity index (χ1n) is 6.51. The number of hydrogen-bond acceptors (Lipinski definition) is 3. The maximum absolute atomic E-state index is 5.58. The summed E-state index contributed by atoms with van der Waals surface area (Å²) in [5.41, 5.74) is 4.56. The summed E-state index contributed by atoms with van der Waals surface area (Å²) in [7, 11) is 0. The van der Waals surface area contributed by atoms with Crippen molar-refractivity contribution in [3.63, 3.8) is 0 Å². The topological polar surface area (TPSA) is 35.0 Å². The van der Waals surface area contributed by atoms with Gasteiger partial charge in [0.05, 0.1) is 24.2 Å². The van der Waals surface area contributed by atoms with E-state index in [1.54, 1.807) is 12.4 Å². The van der Waals surface area contributed by atoms with Crippen molar-refractivity contribution in [2.75, 3.05) is 0 Å². The summed E-state index contributed by atoms with van der Waals surface area (Å²) in [6.07, 6.45) is 8.88. The fourth-order valence-electron chi connectivity index (χ4n) is 2.19. The van der Waals surface area contributed by atoms with Gasteiger partial charge >= 0.3 is 0 Å². The Hall–Kier alpha value is -2.16. The van der Waals surface area contributed by atoms with Crippen LogP contribution in [0.5, 0.6) is 5.88 Å². The lowest BCUT2D eigenvalue weighted by molar-refractivity contribution is 0.232. The second kappa shape index (κ2) is 4.84. The lowest BCUT2D eigenvalue weighted by Crippen LogP contribution is -2.07. The molecule has 19 heavy (non-hydrogen) atoms. The molecule has 0 bridgehead atoms. The smallest absolute Gasteiger partial charge is 0.233 e. The van der Waals surface area contributed by atoms with E-state index in [9.17, 15) is 0 Å². The molecule has 1 aromatic heterocycles. The van der Waals surface area contributed by atoms with Crippen molar-refractivity contribution in [1.29, 1.82) is 0 Å². The number of allylic oxidation sites excluding steroid dienone is 1. The van der Waals surface area contributed by atoms with Crippen molar-refractivity contribution in [2.24, 2.45) is 0 Å². The lowest BCUT2D eigenvalue weighted by Gasteiger charge is -2.09. The third-order valence-electron chi connectivity index (χ3n) is 3.05. The molecule has 1 aliphatic carbocycles. The Bertz CT molecular complexity index is 632. The standard InChI is InChI=1S/C16H16N2O/c1-11(2)19-16-10-17-9-15(18-16)14-7-6-12-4-3-5-13(12)8-14/h3,5-11H,4H2,1-2H3. The van der Waals surface area contributed by atoms with Crippen LogP contribution in [-0.4, -0.2) is 16.1 Å². The van der Waals surface area contributed by atoms with E-state index >= 15 is 0 Å². The van der Waals surface area contributed by atoms with Crippen molar-refractivity contribution in [2.45, 2.75) is 26.4 Å². The molecule has 0 saturated carbocycles. The molecule has 96 valence electrons. The van der Waals surface area contributed by atoms with Crippen LogP contribution < -0.4 is 4.74 Å². The van der Waals surface area contributed by atoms with Gasteiger partial charge in [-0.05, 0) is 37.5 Å². The second-order valence-corrected chi connectivity index (χ2v) is 4.93. The zero-order chi connectivity index (χ0) is 13.2. The molecule has 3 rings (SSSR count). The molecule has 0 aliphatic heterocycles. The van der Waals surface area contributed by atoms with Gasteiger partial charge in [-0.1, -0.05) is 24.3 Å².